The van der Waals surface area contributed by atoms with Crippen LogP contribution in [-0.4, -0.2) is 27.0 Å². The molecule has 2 N–H and O–H groups in total. The average Bonchev–Trinajstić information content (AvgIpc) is 2.94. The van der Waals surface area contributed by atoms with Crippen LogP contribution in [-0.2, 0) is 0 Å². The van der Waals surface area contributed by atoms with Gasteiger partial charge < -0.3 is 10.4 Å². The summed E-state index contributed by atoms with van der Waals surface area (Å²) in [4.78, 5) is 24.7. The molecule has 7 nitrogen and oxygen atoms in total. The SMILES string of the molecule is CC1CC1Nc1ncc(C(=O)O)cc1[N+](=O)[O-]. The van der Waals surface area contributed by atoms with E-state index in [-0.39, 0.29) is 23.1 Å². The molecule has 90 valence electrons. The number of aromatic carboxylic acids is 1. The minimum Gasteiger partial charge on any atom is -0.478 e. The molecule has 0 bridgehead atoms. The monoisotopic (exact) mass is 237 g/mol. The summed E-state index contributed by atoms with van der Waals surface area (Å²) >= 11 is 0. The summed E-state index contributed by atoms with van der Waals surface area (Å²) in [6, 6.07) is 1.21. The fourth-order valence-electron chi connectivity index (χ4n) is 1.52. The van der Waals surface area contributed by atoms with E-state index in [1.54, 1.807) is 0 Å². The van der Waals surface area contributed by atoms with Crippen molar-refractivity contribution in [3.63, 3.8) is 0 Å². The fraction of sp³-hybridized carbons (Fsp3) is 0.400. The summed E-state index contributed by atoms with van der Waals surface area (Å²) in [5, 5.41) is 22.5. The van der Waals surface area contributed by atoms with Crippen LogP contribution in [0.15, 0.2) is 12.3 Å². The zero-order valence-corrected chi connectivity index (χ0v) is 9.08. The van der Waals surface area contributed by atoms with Gasteiger partial charge in [0.1, 0.15) is 0 Å². The number of carboxylic acids is 1. The summed E-state index contributed by atoms with van der Waals surface area (Å²) in [5.74, 6) is -0.628. The molecule has 0 aromatic carbocycles. The maximum absolute atomic E-state index is 10.8. The highest BCUT2D eigenvalue weighted by Crippen LogP contribution is 2.34. The zero-order valence-electron chi connectivity index (χ0n) is 9.08. The Morgan fingerprint density at radius 3 is 2.82 bits per heavy atom. The third-order valence-electron chi connectivity index (χ3n) is 2.74. The lowest BCUT2D eigenvalue weighted by Crippen LogP contribution is -2.09. The van der Waals surface area contributed by atoms with Crippen molar-refractivity contribution in [2.75, 3.05) is 5.32 Å². The minimum atomic E-state index is -1.23. The Bertz CT molecular complexity index is 488. The number of rotatable bonds is 4. The average molecular weight is 237 g/mol. The summed E-state index contributed by atoms with van der Waals surface area (Å²) < 4.78 is 0. The maximum Gasteiger partial charge on any atom is 0.337 e. The van der Waals surface area contributed by atoms with E-state index in [1.165, 1.54) is 0 Å². The first-order chi connectivity index (χ1) is 7.99. The Kier molecular flexibility index (Phi) is 2.66. The molecule has 1 aromatic heterocycles. The number of aromatic nitrogens is 1. The number of carbonyl (C=O) groups is 1. The standard InChI is InChI=1S/C10H11N3O4/c1-5-2-7(5)12-9-8(13(16)17)3-6(4-11-9)10(14)15/h3-5,7H,2H2,1H3,(H,11,12)(H,14,15). The topological polar surface area (TPSA) is 105 Å². The van der Waals surface area contributed by atoms with Crippen LogP contribution in [0.4, 0.5) is 11.5 Å². The predicted octanol–water partition coefficient (Wildman–Crippen LogP) is 1.51. The van der Waals surface area contributed by atoms with Crippen molar-refractivity contribution in [3.8, 4) is 0 Å². The molecule has 2 atom stereocenters. The number of pyridine rings is 1. The van der Waals surface area contributed by atoms with Crippen molar-refractivity contribution in [1.29, 1.82) is 0 Å². The van der Waals surface area contributed by atoms with E-state index >= 15 is 0 Å². The molecule has 7 heteroatoms. The molecular weight excluding hydrogens is 226 g/mol. The molecule has 1 heterocycles. The van der Waals surface area contributed by atoms with Crippen molar-refractivity contribution < 1.29 is 14.8 Å². The van der Waals surface area contributed by atoms with Crippen molar-refractivity contribution in [2.45, 2.75) is 19.4 Å². The van der Waals surface area contributed by atoms with Crippen LogP contribution in [0.2, 0.25) is 0 Å². The molecule has 2 rings (SSSR count). The second-order valence-electron chi connectivity index (χ2n) is 4.12. The molecule has 17 heavy (non-hydrogen) atoms. The Morgan fingerprint density at radius 2 is 2.35 bits per heavy atom. The Labute approximate surface area is 96.6 Å². The molecule has 1 saturated carbocycles. The Hall–Kier alpha value is -2.18. The van der Waals surface area contributed by atoms with Gasteiger partial charge in [-0.25, -0.2) is 9.78 Å². The van der Waals surface area contributed by atoms with E-state index < -0.39 is 10.9 Å². The lowest BCUT2D eigenvalue weighted by molar-refractivity contribution is -0.384. The molecule has 0 aliphatic heterocycles. The van der Waals surface area contributed by atoms with E-state index in [2.05, 4.69) is 10.3 Å². The van der Waals surface area contributed by atoms with Crippen LogP contribution in [0.5, 0.6) is 0 Å². The van der Waals surface area contributed by atoms with Crippen molar-refractivity contribution in [3.05, 3.63) is 27.9 Å². The number of carboxylic acid groups (broad SMARTS) is 1. The minimum absolute atomic E-state index is 0.134. The maximum atomic E-state index is 10.8. The quantitative estimate of drug-likeness (QED) is 0.607. The summed E-state index contributed by atoms with van der Waals surface area (Å²) in [6.07, 6.45) is 2.06. The van der Waals surface area contributed by atoms with Crippen LogP contribution >= 0.6 is 0 Å². The molecule has 0 spiro atoms. The second-order valence-corrected chi connectivity index (χ2v) is 4.12. The normalized spacial score (nSPS) is 21.9. The van der Waals surface area contributed by atoms with Gasteiger partial charge in [0.2, 0.25) is 5.82 Å². The largest absolute Gasteiger partial charge is 0.478 e. The number of nitrogens with zero attached hydrogens (tertiary/aromatic N) is 2. The zero-order chi connectivity index (χ0) is 12.6. The van der Waals surface area contributed by atoms with Crippen LogP contribution in [0.25, 0.3) is 0 Å². The molecule has 2 unspecified atom stereocenters. The third kappa shape index (κ3) is 2.32. The molecule has 0 amide bonds. The smallest absolute Gasteiger partial charge is 0.337 e. The van der Waals surface area contributed by atoms with Crippen LogP contribution in [0.1, 0.15) is 23.7 Å². The van der Waals surface area contributed by atoms with Gasteiger partial charge in [0.25, 0.3) is 0 Å². The third-order valence-corrected chi connectivity index (χ3v) is 2.74. The highest BCUT2D eigenvalue weighted by Gasteiger charge is 2.34. The van der Waals surface area contributed by atoms with Crippen molar-refractivity contribution >= 4 is 17.5 Å². The van der Waals surface area contributed by atoms with E-state index in [9.17, 15) is 14.9 Å². The van der Waals surface area contributed by atoms with Gasteiger partial charge in [0.15, 0.2) is 0 Å². The molecule has 1 aliphatic rings. The predicted molar refractivity (Wildman–Crippen MR) is 59.0 cm³/mol. The van der Waals surface area contributed by atoms with Gasteiger partial charge in [-0.15, -0.1) is 0 Å². The highest BCUT2D eigenvalue weighted by molar-refractivity contribution is 5.88. The van der Waals surface area contributed by atoms with Crippen molar-refractivity contribution in [1.82, 2.24) is 4.98 Å². The molecule has 1 aliphatic carbocycles. The number of hydrogen-bond donors (Lipinski definition) is 2. The number of anilines is 1. The van der Waals surface area contributed by atoms with E-state index in [0.717, 1.165) is 18.7 Å². The summed E-state index contributed by atoms with van der Waals surface area (Å²) in [6.45, 7) is 2.02. The van der Waals surface area contributed by atoms with Gasteiger partial charge in [-0.1, -0.05) is 6.92 Å². The molecule has 0 saturated heterocycles. The molecule has 1 fully saturated rings. The summed E-state index contributed by atoms with van der Waals surface area (Å²) in [5.41, 5.74) is -0.491. The lowest BCUT2D eigenvalue weighted by atomic mass is 10.2. The molecule has 1 aromatic rings. The van der Waals surface area contributed by atoms with E-state index in [4.69, 9.17) is 5.11 Å². The number of nitro groups is 1. The second kappa shape index (κ2) is 4.00. The fourth-order valence-corrected chi connectivity index (χ4v) is 1.52. The van der Waals surface area contributed by atoms with E-state index in [0.29, 0.717) is 5.92 Å². The summed E-state index contributed by atoms with van der Waals surface area (Å²) in [7, 11) is 0. The molecule has 0 radical (unpaired) electrons. The first kappa shape index (κ1) is 11.3. The van der Waals surface area contributed by atoms with Gasteiger partial charge in [-0.2, -0.15) is 0 Å². The van der Waals surface area contributed by atoms with E-state index in [1.807, 2.05) is 6.92 Å². The first-order valence-corrected chi connectivity index (χ1v) is 5.13. The first-order valence-electron chi connectivity index (χ1n) is 5.13. The van der Waals surface area contributed by atoms with Gasteiger partial charge in [0.05, 0.1) is 10.5 Å². The van der Waals surface area contributed by atoms with Crippen LogP contribution < -0.4 is 5.32 Å². The van der Waals surface area contributed by atoms with Gasteiger partial charge in [-0.05, 0) is 12.3 Å². The Morgan fingerprint density at radius 1 is 1.71 bits per heavy atom. The number of nitrogens with one attached hydrogen (secondary N) is 1. The number of hydrogen-bond acceptors (Lipinski definition) is 5. The van der Waals surface area contributed by atoms with Crippen LogP contribution in [0, 0.1) is 16.0 Å². The lowest BCUT2D eigenvalue weighted by Gasteiger charge is -2.05. The molecular formula is C10H11N3O4. The Balaban J connectivity index is 2.31. The van der Waals surface area contributed by atoms with Gasteiger partial charge in [0, 0.05) is 18.3 Å². The van der Waals surface area contributed by atoms with Gasteiger partial charge >= 0.3 is 11.7 Å². The van der Waals surface area contributed by atoms with Gasteiger partial charge in [-0.3, -0.25) is 10.1 Å². The van der Waals surface area contributed by atoms with Crippen LogP contribution in [0.3, 0.4) is 0 Å². The highest BCUT2D eigenvalue weighted by atomic mass is 16.6. The van der Waals surface area contributed by atoms with Crippen molar-refractivity contribution in [2.24, 2.45) is 5.92 Å².